The molecule has 0 aromatic heterocycles. The summed E-state index contributed by atoms with van der Waals surface area (Å²) in [4.78, 5) is 24.0. The van der Waals surface area contributed by atoms with E-state index in [4.69, 9.17) is 18.5 Å². The van der Waals surface area contributed by atoms with Gasteiger partial charge in [0.25, 0.3) is 0 Å². The second kappa shape index (κ2) is 9.81. The maximum atomic E-state index is 12.5. The van der Waals surface area contributed by atoms with Gasteiger partial charge in [0.05, 0.1) is 18.1 Å². The second-order valence-corrected chi connectivity index (χ2v) is 10.5. The first-order chi connectivity index (χ1) is 12.8. The molecule has 28 heavy (non-hydrogen) atoms. The molecule has 6 atom stereocenters. The van der Waals surface area contributed by atoms with Crippen LogP contribution in [0.3, 0.4) is 0 Å². The zero-order valence-corrected chi connectivity index (χ0v) is 19.0. The summed E-state index contributed by atoms with van der Waals surface area (Å²) in [5.74, 6) is -3.29. The highest BCUT2D eigenvalue weighted by Gasteiger charge is 2.46. The van der Waals surface area contributed by atoms with Crippen LogP contribution < -0.4 is 0 Å². The number of Topliss-reactive ketones (excluding diaryl/α,β-unsaturated/α-hetero) is 1. The number of carbonyl (C=O) groups excluding carboxylic acids is 1. The summed E-state index contributed by atoms with van der Waals surface area (Å²) in [5.41, 5.74) is 0. The van der Waals surface area contributed by atoms with E-state index in [0.29, 0.717) is 6.42 Å². The topological polar surface area (TPSA) is 108 Å². The lowest BCUT2D eigenvalue weighted by molar-refractivity contribution is -0.333. The number of carbonyl (C=O) groups is 2. The van der Waals surface area contributed by atoms with Gasteiger partial charge in [-0.15, -0.1) is 0 Å². The lowest BCUT2D eigenvalue weighted by Crippen LogP contribution is -2.55. The number of aliphatic carboxylic acids is 1. The molecular weight excluding hydrogens is 387 g/mol. The van der Waals surface area contributed by atoms with E-state index in [1.165, 1.54) is 14.2 Å². The molecule has 0 amide bonds. The molecule has 0 aliphatic carbocycles. The van der Waals surface area contributed by atoms with Gasteiger partial charge in [-0.1, -0.05) is 20.8 Å². The van der Waals surface area contributed by atoms with E-state index in [2.05, 4.69) is 0 Å². The number of hydrogen-bond donors (Lipinski definition) is 1. The van der Waals surface area contributed by atoms with Crippen LogP contribution in [0.1, 0.15) is 48.0 Å². The first kappa shape index (κ1) is 25.2. The average Bonchev–Trinajstić information content (AvgIpc) is 2.62. The van der Waals surface area contributed by atoms with E-state index in [1.54, 1.807) is 27.7 Å². The number of hydrogen-bond acceptors (Lipinski definition) is 7. The molecule has 1 N–H and O–H groups in total. The molecule has 0 saturated carbocycles. The van der Waals surface area contributed by atoms with Crippen LogP contribution in [0, 0.1) is 23.7 Å². The fourth-order valence-electron chi connectivity index (χ4n) is 3.79. The highest BCUT2D eigenvalue weighted by molar-refractivity contribution is 7.54. The van der Waals surface area contributed by atoms with Crippen molar-refractivity contribution in [3.05, 3.63) is 0 Å². The standard InChI is InChI=1S/C19H35O8P/c1-11(15(20)10-28(23,24-7)25-8)9-12(2)16-13(3)17(14(4)18(21)22)27-19(5,6)26-16/h11-14,16-17H,9-10H2,1-8H3,(H,21,22)/t11-,12+,13-,14-,16+,17+/m1/s1. The molecule has 8 nitrogen and oxygen atoms in total. The molecule has 0 aromatic carbocycles. The van der Waals surface area contributed by atoms with Gasteiger partial charge in [-0.3, -0.25) is 14.2 Å². The highest BCUT2D eigenvalue weighted by Crippen LogP contribution is 2.47. The van der Waals surface area contributed by atoms with Gasteiger partial charge in [0, 0.05) is 26.1 Å². The molecule has 1 rings (SSSR count). The van der Waals surface area contributed by atoms with E-state index >= 15 is 0 Å². The zero-order valence-electron chi connectivity index (χ0n) is 18.1. The van der Waals surface area contributed by atoms with Crippen molar-refractivity contribution in [2.24, 2.45) is 23.7 Å². The maximum Gasteiger partial charge on any atom is 0.337 e. The van der Waals surface area contributed by atoms with Crippen LogP contribution in [0.4, 0.5) is 0 Å². The lowest BCUT2D eigenvalue weighted by atomic mass is 9.79. The minimum atomic E-state index is -3.40. The van der Waals surface area contributed by atoms with E-state index in [-0.39, 0.29) is 35.8 Å². The Morgan fingerprint density at radius 3 is 2.07 bits per heavy atom. The van der Waals surface area contributed by atoms with E-state index in [0.717, 1.165) is 0 Å². The molecule has 0 aromatic rings. The molecule has 1 fully saturated rings. The summed E-state index contributed by atoms with van der Waals surface area (Å²) in [6.07, 6.45) is -0.544. The SMILES string of the molecule is COP(=O)(CC(=O)[C@H](C)C[C@H](C)[C@@H]1OC(C)(C)O[C@H]([C@@H](C)C(=O)O)[C@@H]1C)OC. The van der Waals surface area contributed by atoms with Crippen LogP contribution in [-0.4, -0.2) is 55.2 Å². The predicted octanol–water partition coefficient (Wildman–Crippen LogP) is 3.58. The Balaban J connectivity index is 2.88. The molecule has 0 unspecified atom stereocenters. The molecule has 1 heterocycles. The predicted molar refractivity (Wildman–Crippen MR) is 104 cm³/mol. The second-order valence-electron chi connectivity index (χ2n) is 8.27. The van der Waals surface area contributed by atoms with Gasteiger partial charge in [0.2, 0.25) is 0 Å². The molecule has 1 aliphatic heterocycles. The normalized spacial score (nSPS) is 28.4. The third-order valence-electron chi connectivity index (χ3n) is 5.50. The zero-order chi connectivity index (χ0) is 21.9. The quantitative estimate of drug-likeness (QED) is 0.532. The van der Waals surface area contributed by atoms with Crippen LogP contribution in [0.5, 0.6) is 0 Å². The fraction of sp³-hybridized carbons (Fsp3) is 0.895. The van der Waals surface area contributed by atoms with Crippen LogP contribution >= 0.6 is 7.60 Å². The smallest absolute Gasteiger partial charge is 0.337 e. The third-order valence-corrected chi connectivity index (χ3v) is 7.31. The van der Waals surface area contributed by atoms with Crippen molar-refractivity contribution in [2.45, 2.75) is 66.0 Å². The Labute approximate surface area is 167 Å². The third kappa shape index (κ3) is 6.36. The summed E-state index contributed by atoms with van der Waals surface area (Å²) < 4.78 is 33.9. The molecule has 9 heteroatoms. The Hall–Kier alpha value is -0.790. The van der Waals surface area contributed by atoms with Crippen molar-refractivity contribution < 1.29 is 37.8 Å². The molecular formula is C19H35O8P. The summed E-state index contributed by atoms with van der Waals surface area (Å²) in [7, 11) is -0.883. The van der Waals surface area contributed by atoms with Gasteiger partial charge in [-0.05, 0) is 33.1 Å². The fourth-order valence-corrected chi connectivity index (χ4v) is 4.89. The number of ketones is 1. The van der Waals surface area contributed by atoms with Gasteiger partial charge in [0.1, 0.15) is 11.9 Å². The Morgan fingerprint density at radius 2 is 1.61 bits per heavy atom. The number of carboxylic acids is 1. The van der Waals surface area contributed by atoms with E-state index in [9.17, 15) is 19.3 Å². The minimum absolute atomic E-state index is 0.0369. The van der Waals surface area contributed by atoms with E-state index < -0.39 is 31.4 Å². The van der Waals surface area contributed by atoms with Crippen molar-refractivity contribution >= 4 is 19.3 Å². The number of ether oxygens (including phenoxy) is 2. The molecule has 1 aliphatic rings. The molecule has 0 spiro atoms. The van der Waals surface area contributed by atoms with Gasteiger partial charge in [-0.2, -0.15) is 0 Å². The van der Waals surface area contributed by atoms with Crippen molar-refractivity contribution in [1.29, 1.82) is 0 Å². The van der Waals surface area contributed by atoms with Crippen LogP contribution in [0.15, 0.2) is 0 Å². The van der Waals surface area contributed by atoms with Crippen LogP contribution in [0.25, 0.3) is 0 Å². The summed E-state index contributed by atoms with van der Waals surface area (Å²) in [6.45, 7) is 10.8. The first-order valence-corrected chi connectivity index (χ1v) is 11.3. The summed E-state index contributed by atoms with van der Waals surface area (Å²) >= 11 is 0. The van der Waals surface area contributed by atoms with Gasteiger partial charge in [-0.25, -0.2) is 0 Å². The number of carboxylic acid groups (broad SMARTS) is 1. The average molecular weight is 422 g/mol. The molecule has 0 radical (unpaired) electrons. The Kier molecular flexibility index (Phi) is 8.84. The van der Waals surface area contributed by atoms with Crippen LogP contribution in [-0.2, 0) is 32.7 Å². The van der Waals surface area contributed by atoms with Crippen LogP contribution in [0.2, 0.25) is 0 Å². The highest BCUT2D eigenvalue weighted by atomic mass is 31.2. The van der Waals surface area contributed by atoms with Crippen molar-refractivity contribution in [3.63, 3.8) is 0 Å². The minimum Gasteiger partial charge on any atom is -0.481 e. The Bertz CT molecular complexity index is 597. The van der Waals surface area contributed by atoms with Gasteiger partial charge >= 0.3 is 13.6 Å². The molecule has 1 saturated heterocycles. The van der Waals surface area contributed by atoms with Crippen molar-refractivity contribution in [1.82, 2.24) is 0 Å². The molecule has 0 bridgehead atoms. The lowest BCUT2D eigenvalue weighted by Gasteiger charge is -2.48. The monoisotopic (exact) mass is 422 g/mol. The largest absolute Gasteiger partial charge is 0.481 e. The summed E-state index contributed by atoms with van der Waals surface area (Å²) in [6, 6.07) is 0. The summed E-state index contributed by atoms with van der Waals surface area (Å²) in [5, 5.41) is 9.40. The van der Waals surface area contributed by atoms with E-state index in [1.807, 2.05) is 13.8 Å². The number of rotatable bonds is 10. The van der Waals surface area contributed by atoms with Crippen molar-refractivity contribution in [3.8, 4) is 0 Å². The van der Waals surface area contributed by atoms with Gasteiger partial charge in [0.15, 0.2) is 5.79 Å². The van der Waals surface area contributed by atoms with Crippen molar-refractivity contribution in [2.75, 3.05) is 20.4 Å². The van der Waals surface area contributed by atoms with Gasteiger partial charge < -0.3 is 23.6 Å². The first-order valence-electron chi connectivity index (χ1n) is 9.58. The molecule has 164 valence electrons. The Morgan fingerprint density at radius 1 is 1.11 bits per heavy atom. The maximum absolute atomic E-state index is 12.5.